The summed E-state index contributed by atoms with van der Waals surface area (Å²) in [7, 11) is 0. The van der Waals surface area contributed by atoms with Crippen LogP contribution in [0.15, 0.2) is 36.7 Å². The zero-order chi connectivity index (χ0) is 16.8. The number of anilines is 1. The van der Waals surface area contributed by atoms with Crippen LogP contribution in [0.2, 0.25) is 5.02 Å². The van der Waals surface area contributed by atoms with Gasteiger partial charge in [-0.05, 0) is 43.4 Å². The molecule has 0 unspecified atom stereocenters. The summed E-state index contributed by atoms with van der Waals surface area (Å²) in [6.45, 7) is 1.58. The molecule has 1 atom stereocenters. The fraction of sp³-hybridized carbons (Fsp3) is 0.444. The van der Waals surface area contributed by atoms with Crippen LogP contribution in [0.25, 0.3) is 0 Å². The number of rotatable bonds is 7. The Labute approximate surface area is 147 Å². The second-order valence-electron chi connectivity index (χ2n) is 6.11. The number of nitrogens with zero attached hydrogens (tertiary/aromatic N) is 2. The molecule has 1 fully saturated rings. The van der Waals surface area contributed by atoms with Crippen molar-refractivity contribution in [2.24, 2.45) is 0 Å². The molecule has 0 bridgehead atoms. The molecule has 2 aromatic rings. The molecule has 6 heteroatoms. The number of hydrogen-bond acceptors (Lipinski definition) is 3. The van der Waals surface area contributed by atoms with Crippen LogP contribution >= 0.6 is 11.6 Å². The van der Waals surface area contributed by atoms with Gasteiger partial charge in [0, 0.05) is 24.2 Å². The van der Waals surface area contributed by atoms with Gasteiger partial charge in [0.05, 0.1) is 24.5 Å². The van der Waals surface area contributed by atoms with Crippen molar-refractivity contribution < 1.29 is 9.53 Å². The Kier molecular flexibility index (Phi) is 5.88. The minimum absolute atomic E-state index is 0.0145. The number of halogens is 1. The Balaban J connectivity index is 1.39. The van der Waals surface area contributed by atoms with E-state index >= 15 is 0 Å². The molecule has 0 saturated carbocycles. The molecule has 5 nitrogen and oxygen atoms in total. The third kappa shape index (κ3) is 5.08. The molecule has 1 N–H and O–H groups in total. The van der Waals surface area contributed by atoms with Crippen molar-refractivity contribution in [1.82, 2.24) is 9.78 Å². The Morgan fingerprint density at radius 1 is 1.38 bits per heavy atom. The van der Waals surface area contributed by atoms with Crippen LogP contribution in [0.3, 0.4) is 0 Å². The maximum Gasteiger partial charge on any atom is 0.224 e. The Bertz CT molecular complexity index is 663. The third-order valence-corrected chi connectivity index (χ3v) is 4.37. The van der Waals surface area contributed by atoms with E-state index in [2.05, 4.69) is 10.4 Å². The lowest BCUT2D eigenvalue weighted by Gasteiger charge is -2.08. The molecule has 3 rings (SSSR count). The van der Waals surface area contributed by atoms with Gasteiger partial charge >= 0.3 is 0 Å². The van der Waals surface area contributed by atoms with Gasteiger partial charge in [-0.25, -0.2) is 0 Å². The molecular weight excluding hydrogens is 326 g/mol. The van der Waals surface area contributed by atoms with Crippen LogP contribution in [0, 0.1) is 0 Å². The molecule has 0 spiro atoms. The second kappa shape index (κ2) is 8.31. The molecule has 0 radical (unpaired) electrons. The molecule has 1 aromatic carbocycles. The van der Waals surface area contributed by atoms with Gasteiger partial charge in [0.15, 0.2) is 0 Å². The first kappa shape index (κ1) is 17.0. The highest BCUT2D eigenvalue weighted by Crippen LogP contribution is 2.15. The average Bonchev–Trinajstić information content (AvgIpc) is 3.22. The van der Waals surface area contributed by atoms with E-state index in [0.29, 0.717) is 6.42 Å². The smallest absolute Gasteiger partial charge is 0.224 e. The second-order valence-corrected chi connectivity index (χ2v) is 6.55. The Morgan fingerprint density at radius 2 is 2.21 bits per heavy atom. The molecule has 0 aliphatic carbocycles. The van der Waals surface area contributed by atoms with E-state index in [1.54, 1.807) is 6.20 Å². The van der Waals surface area contributed by atoms with Crippen LogP contribution in [-0.2, 0) is 22.5 Å². The largest absolute Gasteiger partial charge is 0.376 e. The van der Waals surface area contributed by atoms with E-state index in [4.69, 9.17) is 16.3 Å². The molecule has 24 heavy (non-hydrogen) atoms. The monoisotopic (exact) mass is 347 g/mol. The van der Waals surface area contributed by atoms with Crippen molar-refractivity contribution >= 4 is 23.2 Å². The number of ether oxygens (including phenoxy) is 1. The highest BCUT2D eigenvalue weighted by molar-refractivity contribution is 6.30. The zero-order valence-corrected chi connectivity index (χ0v) is 14.3. The fourth-order valence-corrected chi connectivity index (χ4v) is 2.98. The molecule has 1 aliphatic rings. The summed E-state index contributed by atoms with van der Waals surface area (Å²) in [5, 5.41) is 7.91. The van der Waals surface area contributed by atoms with Crippen molar-refractivity contribution in [2.75, 3.05) is 11.9 Å². The minimum Gasteiger partial charge on any atom is -0.376 e. The number of nitrogens with one attached hydrogen (secondary N) is 1. The quantitative estimate of drug-likeness (QED) is 0.831. The van der Waals surface area contributed by atoms with Crippen LogP contribution in [0.5, 0.6) is 0 Å². The summed E-state index contributed by atoms with van der Waals surface area (Å²) in [5.41, 5.74) is 1.93. The molecule has 1 aliphatic heterocycles. The number of aromatic nitrogens is 2. The summed E-state index contributed by atoms with van der Waals surface area (Å²) in [6, 6.07) is 7.74. The van der Waals surface area contributed by atoms with Crippen LogP contribution < -0.4 is 5.32 Å². The lowest BCUT2D eigenvalue weighted by molar-refractivity contribution is -0.116. The van der Waals surface area contributed by atoms with Crippen LogP contribution in [-0.4, -0.2) is 28.4 Å². The summed E-state index contributed by atoms with van der Waals surface area (Å²) in [5.74, 6) is 0.0145. The van der Waals surface area contributed by atoms with E-state index in [9.17, 15) is 4.79 Å². The number of carbonyl (C=O) groups excluding carboxylic acids is 1. The van der Waals surface area contributed by atoms with Crippen molar-refractivity contribution in [3.8, 4) is 0 Å². The van der Waals surface area contributed by atoms with E-state index in [1.165, 1.54) is 5.56 Å². The van der Waals surface area contributed by atoms with Crippen molar-refractivity contribution in [3.63, 3.8) is 0 Å². The summed E-state index contributed by atoms with van der Waals surface area (Å²) >= 11 is 5.86. The molecule has 1 amide bonds. The fourth-order valence-electron chi connectivity index (χ4n) is 2.85. The summed E-state index contributed by atoms with van der Waals surface area (Å²) < 4.78 is 7.43. The topological polar surface area (TPSA) is 56.2 Å². The Morgan fingerprint density at radius 3 is 2.96 bits per heavy atom. The first-order valence-corrected chi connectivity index (χ1v) is 8.75. The third-order valence-electron chi connectivity index (χ3n) is 4.11. The van der Waals surface area contributed by atoms with Gasteiger partial charge in [0.1, 0.15) is 0 Å². The maximum atomic E-state index is 12.0. The van der Waals surface area contributed by atoms with Crippen molar-refractivity contribution in [1.29, 1.82) is 0 Å². The standard InChI is InChI=1S/C18H22ClN3O2/c19-15-8-6-14(7-9-15)3-1-5-18(23)21-16-11-20-22(12-16)13-17-4-2-10-24-17/h6-9,11-12,17H,1-5,10,13H2,(H,21,23)/t17-/m0/s1. The first-order chi connectivity index (χ1) is 11.7. The lowest BCUT2D eigenvalue weighted by atomic mass is 10.1. The van der Waals surface area contributed by atoms with Gasteiger partial charge in [-0.1, -0.05) is 23.7 Å². The van der Waals surface area contributed by atoms with E-state index in [1.807, 2.05) is 35.1 Å². The summed E-state index contributed by atoms with van der Waals surface area (Å²) in [6.07, 6.45) is 8.13. The number of carbonyl (C=O) groups is 1. The van der Waals surface area contributed by atoms with Gasteiger partial charge in [0.2, 0.25) is 5.91 Å². The molecule has 1 saturated heterocycles. The van der Waals surface area contributed by atoms with Gasteiger partial charge < -0.3 is 10.1 Å². The first-order valence-electron chi connectivity index (χ1n) is 8.37. The number of aryl methyl sites for hydroxylation is 1. The van der Waals surface area contributed by atoms with Crippen molar-refractivity contribution in [2.45, 2.75) is 44.8 Å². The SMILES string of the molecule is O=C(CCCc1ccc(Cl)cc1)Nc1cnn(C[C@@H]2CCCO2)c1. The van der Waals surface area contributed by atoms with E-state index < -0.39 is 0 Å². The van der Waals surface area contributed by atoms with Crippen LogP contribution in [0.4, 0.5) is 5.69 Å². The van der Waals surface area contributed by atoms with Gasteiger partial charge in [-0.3, -0.25) is 9.48 Å². The van der Waals surface area contributed by atoms with Gasteiger partial charge in [-0.15, -0.1) is 0 Å². The zero-order valence-electron chi connectivity index (χ0n) is 13.6. The predicted molar refractivity (Wildman–Crippen MR) is 94.2 cm³/mol. The molecule has 1 aromatic heterocycles. The normalized spacial score (nSPS) is 17.1. The highest BCUT2D eigenvalue weighted by atomic mass is 35.5. The van der Waals surface area contributed by atoms with Gasteiger partial charge in [0.25, 0.3) is 0 Å². The number of benzene rings is 1. The molecule has 2 heterocycles. The number of amides is 1. The average molecular weight is 348 g/mol. The Hall–Kier alpha value is -1.85. The molecular formula is C18H22ClN3O2. The maximum absolute atomic E-state index is 12.0. The number of hydrogen-bond donors (Lipinski definition) is 1. The minimum atomic E-state index is 0.0145. The van der Waals surface area contributed by atoms with E-state index in [0.717, 1.165) is 49.5 Å². The molecule has 128 valence electrons. The van der Waals surface area contributed by atoms with Crippen LogP contribution in [0.1, 0.15) is 31.2 Å². The lowest BCUT2D eigenvalue weighted by Crippen LogP contribution is -2.15. The van der Waals surface area contributed by atoms with Crippen molar-refractivity contribution in [3.05, 3.63) is 47.2 Å². The highest BCUT2D eigenvalue weighted by Gasteiger charge is 2.16. The summed E-state index contributed by atoms with van der Waals surface area (Å²) in [4.78, 5) is 12.0. The van der Waals surface area contributed by atoms with E-state index in [-0.39, 0.29) is 12.0 Å². The van der Waals surface area contributed by atoms with Gasteiger partial charge in [-0.2, -0.15) is 5.10 Å². The predicted octanol–water partition coefficient (Wildman–Crippen LogP) is 3.68.